The number of carbonyl (C=O) groups is 1. The maximum atomic E-state index is 11.9. The lowest BCUT2D eigenvalue weighted by Crippen LogP contribution is -2.49. The van der Waals surface area contributed by atoms with E-state index < -0.39 is 6.04 Å². The van der Waals surface area contributed by atoms with Gasteiger partial charge in [-0.05, 0) is 13.3 Å². The smallest absolute Gasteiger partial charge is 0.242 e. The van der Waals surface area contributed by atoms with Gasteiger partial charge in [-0.1, -0.05) is 6.08 Å². The van der Waals surface area contributed by atoms with Gasteiger partial charge >= 0.3 is 0 Å². The maximum Gasteiger partial charge on any atom is 0.242 e. The van der Waals surface area contributed by atoms with Crippen LogP contribution in [-0.2, 0) is 4.79 Å². The Morgan fingerprint density at radius 2 is 2.33 bits per heavy atom. The van der Waals surface area contributed by atoms with Gasteiger partial charge in [0.25, 0.3) is 0 Å². The van der Waals surface area contributed by atoms with Crippen LogP contribution in [0.4, 0.5) is 0 Å². The molecule has 2 atom stereocenters. The fourth-order valence-electron chi connectivity index (χ4n) is 2.00. The van der Waals surface area contributed by atoms with E-state index in [1.807, 2.05) is 4.90 Å². The van der Waals surface area contributed by atoms with Crippen molar-refractivity contribution in [1.82, 2.24) is 9.80 Å². The van der Waals surface area contributed by atoms with Crippen molar-refractivity contribution in [2.75, 3.05) is 26.7 Å². The van der Waals surface area contributed by atoms with Gasteiger partial charge in [-0.25, -0.2) is 0 Å². The van der Waals surface area contributed by atoms with Crippen LogP contribution in [0.15, 0.2) is 12.7 Å². The van der Waals surface area contributed by atoms with Crippen LogP contribution < -0.4 is 0 Å². The highest BCUT2D eigenvalue weighted by Crippen LogP contribution is 2.16. The highest BCUT2D eigenvalue weighted by atomic mass is 16.3. The Kier molecular flexibility index (Phi) is 4.29. The van der Waals surface area contributed by atoms with Gasteiger partial charge in [0.05, 0.1) is 6.61 Å². The molecule has 0 aromatic heterocycles. The Morgan fingerprint density at radius 3 is 2.87 bits per heavy atom. The van der Waals surface area contributed by atoms with Crippen LogP contribution in [0, 0.1) is 0 Å². The summed E-state index contributed by atoms with van der Waals surface area (Å²) in [5.74, 6) is 0.00343. The molecule has 0 radical (unpaired) electrons. The topological polar surface area (TPSA) is 43.8 Å². The molecule has 4 nitrogen and oxygen atoms in total. The number of amides is 1. The number of hydrogen-bond donors (Lipinski definition) is 1. The highest BCUT2D eigenvalue weighted by molar-refractivity contribution is 5.82. The molecule has 1 rings (SSSR count). The second-order valence-electron chi connectivity index (χ2n) is 4.08. The van der Waals surface area contributed by atoms with Gasteiger partial charge in [0, 0.05) is 26.2 Å². The zero-order valence-corrected chi connectivity index (χ0v) is 9.52. The quantitative estimate of drug-likeness (QED) is 0.674. The van der Waals surface area contributed by atoms with E-state index in [4.69, 9.17) is 0 Å². The van der Waals surface area contributed by atoms with Crippen molar-refractivity contribution in [2.45, 2.75) is 25.4 Å². The largest absolute Gasteiger partial charge is 0.394 e. The average Bonchev–Trinajstić information content (AvgIpc) is 2.32. The average molecular weight is 212 g/mol. The Bertz CT molecular complexity index is 243. The maximum absolute atomic E-state index is 11.9. The van der Waals surface area contributed by atoms with E-state index in [-0.39, 0.29) is 12.5 Å². The molecular weight excluding hydrogens is 192 g/mol. The minimum absolute atomic E-state index is 0.00343. The number of nitrogens with zero attached hydrogens (tertiary/aromatic N) is 2. The third-order valence-electron chi connectivity index (χ3n) is 3.02. The van der Waals surface area contributed by atoms with Crippen LogP contribution in [0.25, 0.3) is 0 Å². The molecule has 0 spiro atoms. The van der Waals surface area contributed by atoms with Crippen LogP contribution in [0.3, 0.4) is 0 Å². The number of rotatable bonds is 3. The lowest BCUT2D eigenvalue weighted by molar-refractivity contribution is -0.135. The van der Waals surface area contributed by atoms with Gasteiger partial charge in [-0.2, -0.15) is 0 Å². The summed E-state index contributed by atoms with van der Waals surface area (Å²) in [5, 5.41) is 9.30. The molecule has 86 valence electrons. The molecule has 0 aromatic rings. The molecule has 0 bridgehead atoms. The molecule has 1 aliphatic rings. The molecule has 1 heterocycles. The van der Waals surface area contributed by atoms with E-state index >= 15 is 0 Å². The van der Waals surface area contributed by atoms with Gasteiger partial charge < -0.3 is 10.0 Å². The minimum Gasteiger partial charge on any atom is -0.394 e. The third kappa shape index (κ3) is 2.58. The van der Waals surface area contributed by atoms with Gasteiger partial charge in [0.15, 0.2) is 0 Å². The lowest BCUT2D eigenvalue weighted by Gasteiger charge is -2.31. The molecule has 15 heavy (non-hydrogen) atoms. The summed E-state index contributed by atoms with van der Waals surface area (Å²) >= 11 is 0. The number of hydrogen-bond acceptors (Lipinski definition) is 3. The fraction of sp³-hybridized carbons (Fsp3) is 0.727. The van der Waals surface area contributed by atoms with Crippen molar-refractivity contribution < 1.29 is 9.90 Å². The SMILES string of the molecule is C=CCN1C(C)CCN(C)C(=O)C1CO. The molecule has 0 aliphatic carbocycles. The van der Waals surface area contributed by atoms with Crippen LogP contribution in [0.1, 0.15) is 13.3 Å². The predicted octanol–water partition coefficient (Wildman–Crippen LogP) is 0.0859. The normalized spacial score (nSPS) is 29.0. The summed E-state index contributed by atoms with van der Waals surface area (Å²) in [6.07, 6.45) is 2.71. The second kappa shape index (κ2) is 5.28. The Labute approximate surface area is 91.2 Å². The van der Waals surface area contributed by atoms with Gasteiger partial charge in [-0.15, -0.1) is 6.58 Å². The summed E-state index contributed by atoms with van der Waals surface area (Å²) in [6, 6.07) is -0.112. The van der Waals surface area contributed by atoms with E-state index in [0.717, 1.165) is 13.0 Å². The molecule has 0 aromatic carbocycles. The van der Waals surface area contributed by atoms with E-state index in [0.29, 0.717) is 12.6 Å². The number of aliphatic hydroxyl groups excluding tert-OH is 1. The Hall–Kier alpha value is -0.870. The fourth-order valence-corrected chi connectivity index (χ4v) is 2.00. The van der Waals surface area contributed by atoms with Crippen LogP contribution in [0.5, 0.6) is 0 Å². The molecule has 1 amide bonds. The summed E-state index contributed by atoms with van der Waals surface area (Å²) in [5.41, 5.74) is 0. The van der Waals surface area contributed by atoms with Crippen molar-refractivity contribution in [2.24, 2.45) is 0 Å². The Balaban J connectivity index is 2.87. The summed E-state index contributed by atoms with van der Waals surface area (Å²) in [7, 11) is 1.79. The second-order valence-corrected chi connectivity index (χ2v) is 4.08. The molecule has 0 saturated carbocycles. The van der Waals surface area contributed by atoms with Crippen LogP contribution in [-0.4, -0.2) is 59.6 Å². The predicted molar refractivity (Wildman–Crippen MR) is 59.5 cm³/mol. The zero-order chi connectivity index (χ0) is 11.4. The van der Waals surface area contributed by atoms with E-state index in [1.165, 1.54) is 0 Å². The van der Waals surface area contributed by atoms with E-state index in [9.17, 15) is 9.90 Å². The van der Waals surface area contributed by atoms with Gasteiger partial charge in [-0.3, -0.25) is 9.69 Å². The minimum atomic E-state index is -0.412. The van der Waals surface area contributed by atoms with Crippen molar-refractivity contribution in [3.8, 4) is 0 Å². The summed E-state index contributed by atoms with van der Waals surface area (Å²) < 4.78 is 0. The summed E-state index contributed by atoms with van der Waals surface area (Å²) in [4.78, 5) is 15.6. The molecule has 1 fully saturated rings. The van der Waals surface area contributed by atoms with Crippen molar-refractivity contribution in [3.05, 3.63) is 12.7 Å². The number of aliphatic hydroxyl groups is 1. The monoisotopic (exact) mass is 212 g/mol. The van der Waals surface area contributed by atoms with Gasteiger partial charge in [0.1, 0.15) is 6.04 Å². The zero-order valence-electron chi connectivity index (χ0n) is 9.52. The Morgan fingerprint density at radius 1 is 1.67 bits per heavy atom. The van der Waals surface area contributed by atoms with Crippen molar-refractivity contribution in [3.63, 3.8) is 0 Å². The summed E-state index contributed by atoms with van der Waals surface area (Å²) in [6.45, 7) is 7.04. The van der Waals surface area contributed by atoms with E-state index in [1.54, 1.807) is 18.0 Å². The first-order valence-corrected chi connectivity index (χ1v) is 5.34. The number of carbonyl (C=O) groups excluding carboxylic acids is 1. The molecule has 1 N–H and O–H groups in total. The molecule has 1 saturated heterocycles. The molecule has 2 unspecified atom stereocenters. The molecule has 1 aliphatic heterocycles. The van der Waals surface area contributed by atoms with Gasteiger partial charge in [0.2, 0.25) is 5.91 Å². The first kappa shape index (κ1) is 12.2. The van der Waals surface area contributed by atoms with Crippen molar-refractivity contribution in [1.29, 1.82) is 0 Å². The van der Waals surface area contributed by atoms with Crippen molar-refractivity contribution >= 4 is 5.91 Å². The lowest BCUT2D eigenvalue weighted by atomic mass is 10.1. The van der Waals surface area contributed by atoms with Crippen LogP contribution >= 0.6 is 0 Å². The first-order chi connectivity index (χ1) is 7.11. The third-order valence-corrected chi connectivity index (χ3v) is 3.02. The number of likely N-dealkylation sites (N-methyl/N-ethyl adjacent to an activating group) is 1. The molecule has 4 heteroatoms. The first-order valence-electron chi connectivity index (χ1n) is 5.34. The molecular formula is C11H20N2O2. The van der Waals surface area contributed by atoms with Crippen LogP contribution in [0.2, 0.25) is 0 Å². The highest BCUT2D eigenvalue weighted by Gasteiger charge is 2.33. The standard InChI is InChI=1S/C11H20N2O2/c1-4-6-13-9(2)5-7-12(3)11(15)10(13)8-14/h4,9-10,14H,1,5-8H2,2-3H3. The van der Waals surface area contributed by atoms with E-state index in [2.05, 4.69) is 13.5 Å².